The normalized spacial score (nSPS) is 10.4. The molecular weight excluding hydrogens is 343 g/mol. The summed E-state index contributed by atoms with van der Waals surface area (Å²) in [4.78, 5) is 12.1. The van der Waals surface area contributed by atoms with Crippen LogP contribution in [0, 0.1) is 12.7 Å². The molecule has 25 heavy (non-hydrogen) atoms. The third-order valence-corrected chi connectivity index (χ3v) is 3.74. The van der Waals surface area contributed by atoms with Crippen LogP contribution in [0.4, 0.5) is 33.2 Å². The van der Waals surface area contributed by atoms with E-state index in [-0.39, 0.29) is 11.6 Å². The molecule has 2 aromatic heterocycles. The van der Waals surface area contributed by atoms with E-state index < -0.39 is 5.82 Å². The summed E-state index contributed by atoms with van der Waals surface area (Å²) in [7, 11) is 1.83. The molecule has 3 aromatic rings. The van der Waals surface area contributed by atoms with Crippen LogP contribution in [0.25, 0.3) is 0 Å². The van der Waals surface area contributed by atoms with Gasteiger partial charge < -0.3 is 16.0 Å². The molecule has 0 aliphatic heterocycles. The largest absolute Gasteiger partial charge is 0.386 e. The number of hydrogen-bond donors (Lipinski definition) is 3. The van der Waals surface area contributed by atoms with Gasteiger partial charge >= 0.3 is 0 Å². The van der Waals surface area contributed by atoms with Gasteiger partial charge in [-0.3, -0.25) is 4.98 Å². The predicted molar refractivity (Wildman–Crippen MR) is 98.5 cm³/mol. The van der Waals surface area contributed by atoms with Crippen LogP contribution in [0.5, 0.6) is 0 Å². The van der Waals surface area contributed by atoms with Gasteiger partial charge in [-0.05, 0) is 30.7 Å². The van der Waals surface area contributed by atoms with E-state index in [1.54, 1.807) is 0 Å². The first kappa shape index (κ1) is 16.9. The monoisotopic (exact) mass is 358 g/mol. The molecule has 8 heteroatoms. The Morgan fingerprint density at radius 3 is 2.64 bits per heavy atom. The second-order valence-corrected chi connectivity index (χ2v) is 5.70. The maximum atomic E-state index is 13.7. The summed E-state index contributed by atoms with van der Waals surface area (Å²) >= 11 is 6.19. The summed E-state index contributed by atoms with van der Waals surface area (Å²) in [6, 6.07) is 7.40. The van der Waals surface area contributed by atoms with Crippen molar-refractivity contribution in [2.45, 2.75) is 6.92 Å². The van der Waals surface area contributed by atoms with Crippen molar-refractivity contribution in [3.8, 4) is 0 Å². The van der Waals surface area contributed by atoms with Crippen molar-refractivity contribution >= 4 is 40.4 Å². The maximum Gasteiger partial charge on any atom is 0.229 e. The molecule has 0 amide bonds. The molecular formula is C17H16ClFN6. The number of nitrogens with one attached hydrogen (secondary N) is 3. The van der Waals surface area contributed by atoms with Crippen molar-refractivity contribution in [2.75, 3.05) is 23.0 Å². The molecule has 0 aliphatic carbocycles. The molecule has 0 fully saturated rings. The van der Waals surface area contributed by atoms with Gasteiger partial charge in [-0.25, -0.2) is 9.37 Å². The van der Waals surface area contributed by atoms with Gasteiger partial charge in [0.1, 0.15) is 5.02 Å². The van der Waals surface area contributed by atoms with Gasteiger partial charge in [-0.2, -0.15) is 4.98 Å². The number of aryl methyl sites for hydroxylation is 1. The van der Waals surface area contributed by atoms with Crippen LogP contribution in [0.1, 0.15) is 5.56 Å². The molecule has 128 valence electrons. The van der Waals surface area contributed by atoms with Gasteiger partial charge in [0.25, 0.3) is 0 Å². The summed E-state index contributed by atoms with van der Waals surface area (Å²) in [5.41, 5.74) is 3.08. The number of benzene rings is 1. The number of hydrogen-bond acceptors (Lipinski definition) is 6. The van der Waals surface area contributed by atoms with E-state index >= 15 is 0 Å². The molecule has 0 aliphatic rings. The minimum absolute atomic E-state index is 0.218. The first-order chi connectivity index (χ1) is 12.1. The Balaban J connectivity index is 1.89. The Kier molecular flexibility index (Phi) is 4.95. The molecule has 1 aromatic carbocycles. The van der Waals surface area contributed by atoms with Crippen molar-refractivity contribution in [3.63, 3.8) is 0 Å². The van der Waals surface area contributed by atoms with E-state index in [0.717, 1.165) is 23.1 Å². The van der Waals surface area contributed by atoms with Crippen LogP contribution in [0.3, 0.4) is 0 Å². The molecule has 0 radical (unpaired) electrons. The highest BCUT2D eigenvalue weighted by Gasteiger charge is 2.10. The van der Waals surface area contributed by atoms with Crippen molar-refractivity contribution in [2.24, 2.45) is 0 Å². The molecule has 2 heterocycles. The first-order valence-corrected chi connectivity index (χ1v) is 7.89. The number of aromatic nitrogens is 3. The van der Waals surface area contributed by atoms with E-state index in [1.807, 2.05) is 32.2 Å². The van der Waals surface area contributed by atoms with Crippen molar-refractivity contribution < 1.29 is 4.39 Å². The van der Waals surface area contributed by atoms with Gasteiger partial charge in [0.15, 0.2) is 11.6 Å². The Bertz CT molecular complexity index is 902. The Hall–Kier alpha value is -2.93. The lowest BCUT2D eigenvalue weighted by Gasteiger charge is -2.14. The maximum absolute atomic E-state index is 13.7. The number of rotatable bonds is 5. The minimum atomic E-state index is -0.494. The van der Waals surface area contributed by atoms with Crippen molar-refractivity contribution in [3.05, 3.63) is 59.3 Å². The fourth-order valence-corrected chi connectivity index (χ4v) is 2.35. The van der Waals surface area contributed by atoms with Gasteiger partial charge in [0, 0.05) is 13.2 Å². The van der Waals surface area contributed by atoms with Gasteiger partial charge in [0.2, 0.25) is 5.95 Å². The molecule has 0 saturated carbocycles. The van der Waals surface area contributed by atoms with Crippen LogP contribution in [0.2, 0.25) is 5.02 Å². The summed E-state index contributed by atoms with van der Waals surface area (Å²) in [6.07, 6.45) is 4.04. The molecule has 0 spiro atoms. The topological polar surface area (TPSA) is 74.8 Å². The SMILES string of the molecule is CNc1cc(C)ccc1Nc1nc(Nc2ccncc2F)ncc1Cl. The number of anilines is 5. The molecule has 0 unspecified atom stereocenters. The zero-order valence-corrected chi connectivity index (χ0v) is 14.4. The lowest BCUT2D eigenvalue weighted by atomic mass is 10.2. The summed E-state index contributed by atoms with van der Waals surface area (Å²) < 4.78 is 13.7. The van der Waals surface area contributed by atoms with Crippen molar-refractivity contribution in [1.29, 1.82) is 0 Å². The highest BCUT2D eigenvalue weighted by molar-refractivity contribution is 6.33. The molecule has 3 rings (SSSR count). The second kappa shape index (κ2) is 7.31. The minimum Gasteiger partial charge on any atom is -0.386 e. The Morgan fingerprint density at radius 1 is 1.04 bits per heavy atom. The Labute approximate surface area is 149 Å². The lowest BCUT2D eigenvalue weighted by molar-refractivity contribution is 0.625. The average molecular weight is 359 g/mol. The fraction of sp³-hybridized carbons (Fsp3) is 0.118. The van der Waals surface area contributed by atoms with Crippen LogP contribution in [0.15, 0.2) is 42.9 Å². The van der Waals surface area contributed by atoms with E-state index in [2.05, 4.69) is 30.9 Å². The molecule has 6 nitrogen and oxygen atoms in total. The van der Waals surface area contributed by atoms with Gasteiger partial charge in [-0.15, -0.1) is 0 Å². The zero-order valence-electron chi connectivity index (χ0n) is 13.6. The number of nitrogens with zero attached hydrogens (tertiary/aromatic N) is 3. The highest BCUT2D eigenvalue weighted by atomic mass is 35.5. The van der Waals surface area contributed by atoms with Crippen LogP contribution in [-0.2, 0) is 0 Å². The molecule has 3 N–H and O–H groups in total. The van der Waals surface area contributed by atoms with Crippen molar-refractivity contribution in [1.82, 2.24) is 15.0 Å². The molecule has 0 atom stereocenters. The van der Waals surface area contributed by atoms with Crippen LogP contribution < -0.4 is 16.0 Å². The predicted octanol–water partition coefficient (Wildman–Crippen LogP) is 4.50. The highest BCUT2D eigenvalue weighted by Crippen LogP contribution is 2.29. The second-order valence-electron chi connectivity index (χ2n) is 5.29. The van der Waals surface area contributed by atoms with Crippen LogP contribution >= 0.6 is 11.6 Å². The zero-order chi connectivity index (χ0) is 17.8. The Morgan fingerprint density at radius 2 is 1.88 bits per heavy atom. The molecule has 0 saturated heterocycles. The van der Waals surface area contributed by atoms with E-state index in [9.17, 15) is 4.39 Å². The van der Waals surface area contributed by atoms with E-state index in [1.165, 1.54) is 18.5 Å². The van der Waals surface area contributed by atoms with Gasteiger partial charge in [0.05, 0.1) is 29.5 Å². The average Bonchev–Trinajstić information content (AvgIpc) is 2.61. The fourth-order valence-electron chi connectivity index (χ4n) is 2.21. The van der Waals surface area contributed by atoms with Crippen LogP contribution in [-0.4, -0.2) is 22.0 Å². The number of pyridine rings is 1. The lowest BCUT2D eigenvalue weighted by Crippen LogP contribution is -2.04. The quantitative estimate of drug-likeness (QED) is 0.623. The van der Waals surface area contributed by atoms with Gasteiger partial charge in [-0.1, -0.05) is 17.7 Å². The third kappa shape index (κ3) is 3.95. The summed E-state index contributed by atoms with van der Waals surface area (Å²) in [5.74, 6) is 0.135. The summed E-state index contributed by atoms with van der Waals surface area (Å²) in [5, 5.41) is 9.45. The standard InChI is InChI=1S/C17H16ClFN6/c1-10-3-4-14(15(7-10)20-2)23-16-11(18)8-22-17(25-16)24-13-5-6-21-9-12(13)19/h3-9,20H,1-2H3,(H2,21,22,23,24,25). The summed E-state index contributed by atoms with van der Waals surface area (Å²) in [6.45, 7) is 2.01. The van der Waals surface area contributed by atoms with E-state index in [0.29, 0.717) is 10.8 Å². The smallest absolute Gasteiger partial charge is 0.229 e. The third-order valence-electron chi connectivity index (χ3n) is 3.46. The van der Waals surface area contributed by atoms with E-state index in [4.69, 9.17) is 11.6 Å². The number of halogens is 2. The molecule has 0 bridgehead atoms. The first-order valence-electron chi connectivity index (χ1n) is 7.51.